The number of nitrogens with zero attached hydrogens (tertiary/aromatic N) is 5. The highest BCUT2D eigenvalue weighted by Crippen LogP contribution is 2.34. The first-order chi connectivity index (χ1) is 26.6. The van der Waals surface area contributed by atoms with Gasteiger partial charge >= 0.3 is 0 Å². The summed E-state index contributed by atoms with van der Waals surface area (Å²) in [4.78, 5) is 71.4. The van der Waals surface area contributed by atoms with E-state index in [1.54, 1.807) is 30.3 Å². The van der Waals surface area contributed by atoms with E-state index in [9.17, 15) is 24.0 Å². The number of amides is 5. The Kier molecular flexibility index (Phi) is 10.2. The van der Waals surface area contributed by atoms with Gasteiger partial charge in [-0.05, 0) is 86.7 Å². The van der Waals surface area contributed by atoms with Crippen molar-refractivity contribution in [3.63, 3.8) is 0 Å². The molecule has 0 spiro atoms. The van der Waals surface area contributed by atoms with E-state index in [2.05, 4.69) is 31.4 Å². The lowest BCUT2D eigenvalue weighted by Crippen LogP contribution is -2.55. The van der Waals surface area contributed by atoms with Gasteiger partial charge < -0.3 is 19.9 Å². The van der Waals surface area contributed by atoms with E-state index < -0.39 is 29.7 Å². The number of benzene rings is 3. The van der Waals surface area contributed by atoms with Gasteiger partial charge in [0, 0.05) is 87.2 Å². The second-order valence-electron chi connectivity index (χ2n) is 15.1. The van der Waals surface area contributed by atoms with Crippen molar-refractivity contribution in [3.05, 3.63) is 87.9 Å². The lowest BCUT2D eigenvalue weighted by molar-refractivity contribution is -0.136. The number of carbonyl (C=O) groups excluding carboxylic acids is 5. The molecule has 0 aromatic heterocycles. The molecule has 14 heteroatoms. The van der Waals surface area contributed by atoms with Gasteiger partial charge in [-0.15, -0.1) is 0 Å². The van der Waals surface area contributed by atoms with Crippen molar-refractivity contribution in [3.8, 4) is 11.8 Å². The largest absolute Gasteiger partial charge is 0.490 e. The van der Waals surface area contributed by atoms with Gasteiger partial charge in [0.05, 0.1) is 27.8 Å². The Morgan fingerprint density at radius 2 is 1.55 bits per heavy atom. The van der Waals surface area contributed by atoms with E-state index in [0.717, 1.165) is 87.8 Å². The van der Waals surface area contributed by atoms with Crippen LogP contribution >= 0.6 is 11.6 Å². The van der Waals surface area contributed by atoms with Crippen LogP contribution in [0.25, 0.3) is 0 Å². The average molecular weight is 764 g/mol. The van der Waals surface area contributed by atoms with Gasteiger partial charge in [-0.25, -0.2) is 0 Å². The summed E-state index contributed by atoms with van der Waals surface area (Å²) in [6, 6.07) is 19.4. The van der Waals surface area contributed by atoms with E-state index in [1.807, 2.05) is 30.3 Å². The molecule has 0 bridgehead atoms. The van der Waals surface area contributed by atoms with Crippen molar-refractivity contribution in [1.29, 1.82) is 5.26 Å². The number of fused-ring (bicyclic) bond motifs is 1. The number of imide groups is 2. The number of anilines is 2. The monoisotopic (exact) mass is 763 g/mol. The van der Waals surface area contributed by atoms with Gasteiger partial charge in [-0.1, -0.05) is 11.6 Å². The van der Waals surface area contributed by atoms with Crippen LogP contribution in [0, 0.1) is 17.2 Å². The zero-order valence-electron chi connectivity index (χ0n) is 30.3. The SMILES string of the molecule is N#Cc1ccc(OC2CCC(NC(=O)c3ccc(N4CCN(CC5CN(c6ccc7c(c6)C(=O)N(C6CCC(=O)NC6=O)C7=O)C5)CC4)cc3)CC2)cc1Cl. The molecule has 3 aromatic rings. The third kappa shape index (κ3) is 7.61. The molecule has 1 atom stereocenters. The summed E-state index contributed by atoms with van der Waals surface area (Å²) in [5.41, 5.74) is 3.65. The minimum atomic E-state index is -0.971. The highest BCUT2D eigenvalue weighted by atomic mass is 35.5. The molecular weight excluding hydrogens is 722 g/mol. The van der Waals surface area contributed by atoms with Crippen LogP contribution in [-0.2, 0) is 9.59 Å². The van der Waals surface area contributed by atoms with Crippen LogP contribution in [0.2, 0.25) is 5.02 Å². The number of ether oxygens (including phenoxy) is 1. The van der Waals surface area contributed by atoms with E-state index in [0.29, 0.717) is 38.9 Å². The van der Waals surface area contributed by atoms with Crippen LogP contribution in [-0.4, -0.2) is 103 Å². The van der Waals surface area contributed by atoms with Gasteiger partial charge in [-0.3, -0.25) is 39.1 Å². The van der Waals surface area contributed by atoms with Crippen LogP contribution in [0.15, 0.2) is 60.7 Å². The van der Waals surface area contributed by atoms with E-state index in [4.69, 9.17) is 21.6 Å². The first-order valence-corrected chi connectivity index (χ1v) is 19.4. The molecule has 1 unspecified atom stereocenters. The molecule has 3 aromatic carbocycles. The Labute approximate surface area is 324 Å². The molecule has 1 aliphatic carbocycles. The van der Waals surface area contributed by atoms with E-state index in [-0.39, 0.29) is 30.9 Å². The van der Waals surface area contributed by atoms with Gasteiger partial charge in [0.1, 0.15) is 17.9 Å². The maximum atomic E-state index is 13.2. The Balaban J connectivity index is 0.755. The average Bonchev–Trinajstić information content (AvgIpc) is 3.42. The number of nitriles is 1. The predicted molar refractivity (Wildman–Crippen MR) is 204 cm³/mol. The zero-order chi connectivity index (χ0) is 38.2. The molecule has 4 heterocycles. The standard InChI is InChI=1S/C41H42ClN7O6/c42-35-20-32(9-3-27(35)21-43)55-31-10-4-28(5-11-31)44-38(51)26-1-6-29(7-2-26)47-17-15-46(16-18-47)22-25-23-48(24-25)30-8-12-33-34(19-30)41(54)49(40(33)53)36-13-14-37(50)45-39(36)52/h1-3,6-9,12,19-20,25,28,31,36H,4-5,10-11,13-18,22-24H2,(H,44,51)(H,45,50,52). The number of piperazine rings is 1. The fourth-order valence-corrected chi connectivity index (χ4v) is 8.59. The molecule has 4 fully saturated rings. The molecule has 3 saturated heterocycles. The summed E-state index contributed by atoms with van der Waals surface area (Å²) >= 11 is 6.15. The molecule has 55 heavy (non-hydrogen) atoms. The summed E-state index contributed by atoms with van der Waals surface area (Å²) in [6.07, 6.45) is 3.56. The molecule has 1 saturated carbocycles. The van der Waals surface area contributed by atoms with Crippen LogP contribution in [0.1, 0.15) is 75.2 Å². The smallest absolute Gasteiger partial charge is 0.262 e. The second kappa shape index (κ2) is 15.4. The summed E-state index contributed by atoms with van der Waals surface area (Å²) in [6.45, 7) is 6.35. The number of hydrogen-bond acceptors (Lipinski definition) is 10. The van der Waals surface area contributed by atoms with Crippen LogP contribution < -0.4 is 25.2 Å². The molecule has 5 amide bonds. The quantitative estimate of drug-likeness (QED) is 0.306. The Bertz CT molecular complexity index is 2060. The fourth-order valence-electron chi connectivity index (χ4n) is 8.38. The molecule has 13 nitrogen and oxygen atoms in total. The number of carbonyl (C=O) groups is 5. The van der Waals surface area contributed by atoms with Crippen LogP contribution in [0.4, 0.5) is 11.4 Å². The van der Waals surface area contributed by atoms with E-state index in [1.165, 1.54) is 0 Å². The van der Waals surface area contributed by atoms with Gasteiger partial charge in [-0.2, -0.15) is 5.26 Å². The molecule has 0 radical (unpaired) electrons. The third-order valence-electron chi connectivity index (χ3n) is 11.5. The summed E-state index contributed by atoms with van der Waals surface area (Å²) < 4.78 is 6.09. The molecule has 5 aliphatic rings. The molecule has 2 N–H and O–H groups in total. The van der Waals surface area contributed by atoms with Crippen molar-refractivity contribution < 1.29 is 28.7 Å². The van der Waals surface area contributed by atoms with Crippen molar-refractivity contribution in [2.75, 3.05) is 55.6 Å². The number of piperidine rings is 1. The minimum Gasteiger partial charge on any atom is -0.490 e. The summed E-state index contributed by atoms with van der Waals surface area (Å²) in [7, 11) is 0. The predicted octanol–water partition coefficient (Wildman–Crippen LogP) is 3.99. The normalized spacial score (nSPS) is 23.2. The molecule has 8 rings (SSSR count). The van der Waals surface area contributed by atoms with Gasteiger partial charge in [0.25, 0.3) is 17.7 Å². The number of nitrogens with one attached hydrogen (secondary N) is 2. The first kappa shape index (κ1) is 36.5. The molecule has 4 aliphatic heterocycles. The maximum Gasteiger partial charge on any atom is 0.262 e. The summed E-state index contributed by atoms with van der Waals surface area (Å²) in [5, 5.41) is 14.9. The topological polar surface area (TPSA) is 155 Å². The number of rotatable bonds is 9. The highest BCUT2D eigenvalue weighted by molar-refractivity contribution is 6.31. The van der Waals surface area contributed by atoms with Crippen molar-refractivity contribution in [1.82, 2.24) is 20.4 Å². The number of halogens is 1. The Morgan fingerprint density at radius 1 is 0.836 bits per heavy atom. The first-order valence-electron chi connectivity index (χ1n) is 19.0. The van der Waals surface area contributed by atoms with Gasteiger partial charge in [0.2, 0.25) is 11.8 Å². The van der Waals surface area contributed by atoms with Gasteiger partial charge in [0.15, 0.2) is 0 Å². The van der Waals surface area contributed by atoms with E-state index >= 15 is 0 Å². The lowest BCUT2D eigenvalue weighted by atomic mass is 9.92. The second-order valence-corrected chi connectivity index (χ2v) is 15.5. The number of hydrogen-bond donors (Lipinski definition) is 2. The Hall–Kier alpha value is -5.45. The maximum absolute atomic E-state index is 13.2. The fraction of sp³-hybridized carbons (Fsp3) is 0.415. The molecule has 284 valence electrons. The van der Waals surface area contributed by atoms with Crippen molar-refractivity contribution >= 4 is 52.5 Å². The minimum absolute atomic E-state index is 0.0424. The Morgan fingerprint density at radius 3 is 2.24 bits per heavy atom. The van der Waals surface area contributed by atoms with Crippen LogP contribution in [0.5, 0.6) is 5.75 Å². The molecular formula is C41H42ClN7O6. The van der Waals surface area contributed by atoms with Crippen molar-refractivity contribution in [2.45, 2.75) is 56.7 Å². The van der Waals surface area contributed by atoms with Crippen LogP contribution in [0.3, 0.4) is 0 Å². The third-order valence-corrected chi connectivity index (χ3v) is 11.8. The lowest BCUT2D eigenvalue weighted by Gasteiger charge is -2.45. The highest BCUT2D eigenvalue weighted by Gasteiger charge is 2.45. The zero-order valence-corrected chi connectivity index (χ0v) is 31.1. The summed E-state index contributed by atoms with van der Waals surface area (Å²) in [5.74, 6) is -0.911. The van der Waals surface area contributed by atoms with Crippen molar-refractivity contribution in [2.24, 2.45) is 5.92 Å².